The molecule has 8 nitrogen and oxygen atoms in total. The zero-order valence-electron chi connectivity index (χ0n) is 21.5. The van der Waals surface area contributed by atoms with E-state index in [-0.39, 0.29) is 5.03 Å². The molecule has 0 atom stereocenters. The van der Waals surface area contributed by atoms with Crippen molar-refractivity contribution in [2.45, 2.75) is 25.8 Å². The highest BCUT2D eigenvalue weighted by atomic mass is 32.2. The van der Waals surface area contributed by atoms with Crippen molar-refractivity contribution in [3.05, 3.63) is 107 Å². The standard InChI is InChI=1S/C17H17N3O3S.C12H11NO/c1-12-15(11-21)9-20(17(12)14-7-5-4-6-8-14)24(22,23)16-10-19(3)13(2)18-16;1-9-11(8-14)7-13-12(9)10-5-3-2-4-6-10/h4-11H,1-3H3;2-8,13H,1H3. The summed E-state index contributed by atoms with van der Waals surface area (Å²) in [7, 11) is -2.17. The molecule has 0 aliphatic heterocycles. The summed E-state index contributed by atoms with van der Waals surface area (Å²) in [5.74, 6) is 0.592. The molecule has 194 valence electrons. The van der Waals surface area contributed by atoms with Gasteiger partial charge in [0.15, 0.2) is 17.6 Å². The highest BCUT2D eigenvalue weighted by molar-refractivity contribution is 7.90. The maximum absolute atomic E-state index is 13.0. The predicted molar refractivity (Wildman–Crippen MR) is 147 cm³/mol. The molecule has 0 saturated heterocycles. The van der Waals surface area contributed by atoms with Crippen LogP contribution in [-0.2, 0) is 17.1 Å². The van der Waals surface area contributed by atoms with Gasteiger partial charge in [-0.3, -0.25) is 9.59 Å². The minimum absolute atomic E-state index is 0.0490. The molecule has 0 unspecified atom stereocenters. The number of carbonyl (C=O) groups is 2. The molecule has 0 saturated carbocycles. The van der Waals surface area contributed by atoms with Gasteiger partial charge in [-0.25, -0.2) is 8.96 Å². The first kappa shape index (κ1) is 26.6. The van der Waals surface area contributed by atoms with Crippen molar-refractivity contribution in [1.29, 1.82) is 0 Å². The summed E-state index contributed by atoms with van der Waals surface area (Å²) >= 11 is 0. The lowest BCUT2D eigenvalue weighted by Gasteiger charge is -2.10. The van der Waals surface area contributed by atoms with Gasteiger partial charge in [0, 0.05) is 42.5 Å². The number of hydrogen-bond acceptors (Lipinski definition) is 5. The van der Waals surface area contributed by atoms with Crippen LogP contribution in [0.3, 0.4) is 0 Å². The maximum atomic E-state index is 13.0. The number of nitrogens with zero attached hydrogens (tertiary/aromatic N) is 3. The zero-order valence-corrected chi connectivity index (χ0v) is 22.4. The van der Waals surface area contributed by atoms with Crippen LogP contribution < -0.4 is 0 Å². The molecule has 3 heterocycles. The number of nitrogens with one attached hydrogen (secondary N) is 1. The quantitative estimate of drug-likeness (QED) is 0.299. The van der Waals surface area contributed by atoms with Crippen LogP contribution in [0.15, 0.2) is 84.3 Å². The largest absolute Gasteiger partial charge is 0.360 e. The van der Waals surface area contributed by atoms with E-state index in [2.05, 4.69) is 9.97 Å². The maximum Gasteiger partial charge on any atom is 0.287 e. The topological polar surface area (TPSA) is 107 Å². The van der Waals surface area contributed by atoms with Crippen LogP contribution >= 0.6 is 0 Å². The molecule has 2 aromatic carbocycles. The fraction of sp³-hybridized carbons (Fsp3) is 0.138. The van der Waals surface area contributed by atoms with E-state index in [4.69, 9.17) is 0 Å². The summed E-state index contributed by atoms with van der Waals surface area (Å²) < 4.78 is 28.9. The first-order valence-corrected chi connectivity index (χ1v) is 13.3. The van der Waals surface area contributed by atoms with Crippen molar-refractivity contribution in [1.82, 2.24) is 18.5 Å². The third kappa shape index (κ3) is 5.01. The number of imidazole rings is 1. The van der Waals surface area contributed by atoms with E-state index in [0.29, 0.717) is 28.9 Å². The molecule has 0 bridgehead atoms. The number of aromatic nitrogens is 4. The van der Waals surface area contributed by atoms with Crippen LogP contribution in [0, 0.1) is 20.8 Å². The number of hydrogen-bond donors (Lipinski definition) is 1. The zero-order chi connectivity index (χ0) is 27.4. The van der Waals surface area contributed by atoms with Gasteiger partial charge in [-0.1, -0.05) is 60.7 Å². The number of benzene rings is 2. The lowest BCUT2D eigenvalue weighted by molar-refractivity contribution is 0.111. The number of rotatable bonds is 6. The molecule has 0 spiro atoms. The van der Waals surface area contributed by atoms with E-state index < -0.39 is 10.0 Å². The Morgan fingerprint density at radius 3 is 1.87 bits per heavy atom. The predicted octanol–water partition coefficient (Wildman–Crippen LogP) is 5.36. The Morgan fingerprint density at radius 1 is 0.789 bits per heavy atom. The van der Waals surface area contributed by atoms with E-state index in [0.717, 1.165) is 38.2 Å². The molecule has 9 heteroatoms. The van der Waals surface area contributed by atoms with Crippen LogP contribution in [0.5, 0.6) is 0 Å². The summed E-state index contributed by atoms with van der Waals surface area (Å²) in [4.78, 5) is 29.2. The number of H-pyrrole nitrogens is 1. The molecule has 38 heavy (non-hydrogen) atoms. The van der Waals surface area contributed by atoms with Crippen molar-refractivity contribution in [3.8, 4) is 22.5 Å². The normalized spacial score (nSPS) is 11.1. The van der Waals surface area contributed by atoms with Crippen molar-refractivity contribution in [2.24, 2.45) is 7.05 Å². The lowest BCUT2D eigenvalue weighted by Crippen LogP contribution is -2.14. The molecular formula is C29H28N4O4S. The van der Waals surface area contributed by atoms with Gasteiger partial charge in [0.05, 0.1) is 5.69 Å². The molecular weight excluding hydrogens is 500 g/mol. The average molecular weight is 529 g/mol. The smallest absolute Gasteiger partial charge is 0.287 e. The molecule has 5 aromatic rings. The fourth-order valence-corrected chi connectivity index (χ4v) is 5.60. The Labute approximate surface area is 221 Å². The number of aryl methyl sites for hydroxylation is 2. The number of carbonyl (C=O) groups excluding carboxylic acids is 2. The number of aldehydes is 2. The molecule has 0 radical (unpaired) electrons. The van der Waals surface area contributed by atoms with E-state index in [1.807, 2.05) is 67.6 Å². The van der Waals surface area contributed by atoms with Crippen LogP contribution in [0.25, 0.3) is 22.5 Å². The van der Waals surface area contributed by atoms with Gasteiger partial charge in [-0.2, -0.15) is 8.42 Å². The van der Waals surface area contributed by atoms with Crippen LogP contribution in [0.2, 0.25) is 0 Å². The van der Waals surface area contributed by atoms with Gasteiger partial charge in [-0.15, -0.1) is 0 Å². The number of aromatic amines is 1. The van der Waals surface area contributed by atoms with E-state index in [1.165, 1.54) is 12.4 Å². The molecule has 5 rings (SSSR count). The van der Waals surface area contributed by atoms with Gasteiger partial charge in [-0.05, 0) is 43.0 Å². The SMILES string of the molecule is Cc1c(C=O)c[nH]c1-c1ccccc1.Cc1c(C=O)cn(S(=O)(=O)c2cn(C)c(C)n2)c1-c1ccccc1. The Bertz CT molecular complexity index is 1680. The summed E-state index contributed by atoms with van der Waals surface area (Å²) in [6, 6.07) is 19.1. The average Bonchev–Trinajstić information content (AvgIpc) is 3.59. The van der Waals surface area contributed by atoms with Crippen molar-refractivity contribution >= 4 is 22.6 Å². The Hall–Kier alpha value is -4.50. The van der Waals surface area contributed by atoms with Gasteiger partial charge in [0.2, 0.25) is 0 Å². The van der Waals surface area contributed by atoms with Gasteiger partial charge in [0.25, 0.3) is 10.0 Å². The Morgan fingerprint density at radius 2 is 1.37 bits per heavy atom. The van der Waals surface area contributed by atoms with Crippen LogP contribution in [0.4, 0.5) is 0 Å². The van der Waals surface area contributed by atoms with Crippen molar-refractivity contribution < 1.29 is 18.0 Å². The summed E-state index contributed by atoms with van der Waals surface area (Å²) in [6.07, 6.45) is 6.10. The molecule has 0 amide bonds. The van der Waals surface area contributed by atoms with Crippen molar-refractivity contribution in [3.63, 3.8) is 0 Å². The fourth-order valence-electron chi connectivity index (χ4n) is 4.13. The monoisotopic (exact) mass is 528 g/mol. The second kappa shape index (κ2) is 10.9. The molecule has 0 aliphatic carbocycles. The van der Waals surface area contributed by atoms with Gasteiger partial charge < -0.3 is 9.55 Å². The first-order chi connectivity index (χ1) is 18.2. The lowest BCUT2D eigenvalue weighted by atomic mass is 10.1. The molecule has 0 aliphatic rings. The first-order valence-electron chi connectivity index (χ1n) is 11.9. The van der Waals surface area contributed by atoms with Crippen LogP contribution in [-0.4, -0.2) is 39.5 Å². The van der Waals surface area contributed by atoms with E-state index >= 15 is 0 Å². The third-order valence-corrected chi connectivity index (χ3v) is 7.95. The van der Waals surface area contributed by atoms with Gasteiger partial charge in [0.1, 0.15) is 5.82 Å². The Kier molecular flexibility index (Phi) is 7.59. The summed E-state index contributed by atoms with van der Waals surface area (Å²) in [6.45, 7) is 5.42. The van der Waals surface area contributed by atoms with E-state index in [1.54, 1.807) is 31.7 Å². The van der Waals surface area contributed by atoms with Gasteiger partial charge >= 0.3 is 0 Å². The Balaban J connectivity index is 0.000000204. The minimum atomic E-state index is -3.91. The molecule has 0 fully saturated rings. The minimum Gasteiger partial charge on any atom is -0.360 e. The van der Waals surface area contributed by atoms with Crippen molar-refractivity contribution in [2.75, 3.05) is 0 Å². The summed E-state index contributed by atoms with van der Waals surface area (Å²) in [5.41, 5.74) is 6.01. The highest BCUT2D eigenvalue weighted by Gasteiger charge is 2.26. The second-order valence-corrected chi connectivity index (χ2v) is 10.6. The van der Waals surface area contributed by atoms with Crippen LogP contribution in [0.1, 0.15) is 37.7 Å². The molecule has 3 aromatic heterocycles. The summed E-state index contributed by atoms with van der Waals surface area (Å²) in [5, 5.41) is -0.0490. The highest BCUT2D eigenvalue weighted by Crippen LogP contribution is 2.30. The molecule has 1 N–H and O–H groups in total. The third-order valence-electron chi connectivity index (χ3n) is 6.42. The van der Waals surface area contributed by atoms with E-state index in [9.17, 15) is 18.0 Å². The second-order valence-electron chi connectivity index (χ2n) is 8.81.